The Morgan fingerprint density at radius 2 is 1.84 bits per heavy atom. The molecular formula is C20H25NO4. The highest BCUT2D eigenvalue weighted by Gasteiger charge is 2.21. The molecule has 0 spiro atoms. The number of aliphatic carboxylic acids is 1. The Labute approximate surface area is 148 Å². The highest BCUT2D eigenvalue weighted by atomic mass is 16.5. The fraction of sp³-hybridized carbons (Fsp3) is 0.350. The van der Waals surface area contributed by atoms with Crippen LogP contribution in [0.25, 0.3) is 0 Å². The van der Waals surface area contributed by atoms with E-state index in [4.69, 9.17) is 9.47 Å². The van der Waals surface area contributed by atoms with Crippen molar-refractivity contribution in [3.63, 3.8) is 0 Å². The Hall–Kier alpha value is -2.53. The third kappa shape index (κ3) is 5.22. The largest absolute Gasteiger partial charge is 0.493 e. The number of carbonyl (C=O) groups is 1. The number of para-hydroxylation sites is 1. The Balaban J connectivity index is 2.15. The summed E-state index contributed by atoms with van der Waals surface area (Å²) >= 11 is 0. The molecule has 0 saturated heterocycles. The molecule has 2 aromatic carbocycles. The number of hydrogen-bond donors (Lipinski definition) is 2. The standard InChI is InChI=1S/C20H25NO4/c1-14(2)18(20(22)23)21-12-16-10-7-11-17(24-3)19(16)25-13-15-8-5-4-6-9-15/h4-11,14,18,21H,12-13H2,1-3H3,(H,22,23). The SMILES string of the molecule is COc1cccc(CNC(C(=O)O)C(C)C)c1OCc1ccccc1. The molecule has 2 aromatic rings. The number of ether oxygens (including phenoxy) is 2. The van der Waals surface area contributed by atoms with Crippen LogP contribution in [-0.4, -0.2) is 24.2 Å². The molecule has 1 unspecified atom stereocenters. The van der Waals surface area contributed by atoms with E-state index in [-0.39, 0.29) is 5.92 Å². The van der Waals surface area contributed by atoms with Crippen molar-refractivity contribution in [3.8, 4) is 11.5 Å². The Morgan fingerprint density at radius 1 is 1.12 bits per heavy atom. The van der Waals surface area contributed by atoms with E-state index >= 15 is 0 Å². The van der Waals surface area contributed by atoms with Gasteiger partial charge in [0.25, 0.3) is 0 Å². The fourth-order valence-electron chi connectivity index (χ4n) is 2.58. The summed E-state index contributed by atoms with van der Waals surface area (Å²) in [5, 5.41) is 12.4. The molecule has 2 rings (SSSR count). The minimum absolute atomic E-state index is 0.0169. The lowest BCUT2D eigenvalue weighted by Crippen LogP contribution is -2.40. The molecule has 5 nitrogen and oxygen atoms in total. The molecule has 0 heterocycles. The summed E-state index contributed by atoms with van der Waals surface area (Å²) in [6, 6.07) is 14.9. The quantitative estimate of drug-likeness (QED) is 0.730. The van der Waals surface area contributed by atoms with Crippen LogP contribution in [-0.2, 0) is 17.9 Å². The lowest BCUT2D eigenvalue weighted by atomic mass is 10.0. The minimum Gasteiger partial charge on any atom is -0.493 e. The van der Waals surface area contributed by atoms with Gasteiger partial charge in [0, 0.05) is 12.1 Å². The highest BCUT2D eigenvalue weighted by Crippen LogP contribution is 2.32. The molecule has 0 aliphatic carbocycles. The average Bonchev–Trinajstić information content (AvgIpc) is 2.60. The third-order valence-corrected chi connectivity index (χ3v) is 3.95. The third-order valence-electron chi connectivity index (χ3n) is 3.95. The molecule has 1 atom stereocenters. The van der Waals surface area contributed by atoms with E-state index in [9.17, 15) is 9.90 Å². The molecular weight excluding hydrogens is 318 g/mol. The molecule has 5 heteroatoms. The van der Waals surface area contributed by atoms with Crippen LogP contribution in [0.15, 0.2) is 48.5 Å². The molecule has 0 aliphatic heterocycles. The molecule has 0 aromatic heterocycles. The first-order chi connectivity index (χ1) is 12.0. The summed E-state index contributed by atoms with van der Waals surface area (Å²) < 4.78 is 11.4. The molecule has 0 amide bonds. The van der Waals surface area contributed by atoms with E-state index in [0.717, 1.165) is 11.1 Å². The number of nitrogens with one attached hydrogen (secondary N) is 1. The van der Waals surface area contributed by atoms with Gasteiger partial charge < -0.3 is 14.6 Å². The van der Waals surface area contributed by atoms with Gasteiger partial charge in [-0.15, -0.1) is 0 Å². The van der Waals surface area contributed by atoms with Crippen molar-refractivity contribution >= 4 is 5.97 Å². The molecule has 25 heavy (non-hydrogen) atoms. The van der Waals surface area contributed by atoms with E-state index in [1.807, 2.05) is 62.4 Å². The molecule has 0 radical (unpaired) electrons. The second kappa shape index (κ2) is 9.08. The Bertz CT molecular complexity index is 685. The second-order valence-corrected chi connectivity index (χ2v) is 6.16. The van der Waals surface area contributed by atoms with Gasteiger partial charge in [-0.1, -0.05) is 56.3 Å². The van der Waals surface area contributed by atoms with Gasteiger partial charge in [0.15, 0.2) is 11.5 Å². The van der Waals surface area contributed by atoms with Crippen LogP contribution in [0, 0.1) is 5.92 Å². The zero-order valence-corrected chi connectivity index (χ0v) is 14.9. The minimum atomic E-state index is -0.857. The Kier molecular flexibility index (Phi) is 6.83. The predicted octanol–water partition coefficient (Wildman–Crippen LogP) is 3.47. The number of hydrogen-bond acceptors (Lipinski definition) is 4. The van der Waals surface area contributed by atoms with Gasteiger partial charge in [0.05, 0.1) is 7.11 Å². The van der Waals surface area contributed by atoms with Crippen LogP contribution >= 0.6 is 0 Å². The van der Waals surface area contributed by atoms with Gasteiger partial charge in [0.2, 0.25) is 0 Å². The van der Waals surface area contributed by atoms with Gasteiger partial charge in [-0.2, -0.15) is 0 Å². The summed E-state index contributed by atoms with van der Waals surface area (Å²) in [7, 11) is 1.59. The van der Waals surface area contributed by atoms with E-state index in [2.05, 4.69) is 5.32 Å². The van der Waals surface area contributed by atoms with E-state index < -0.39 is 12.0 Å². The summed E-state index contributed by atoms with van der Waals surface area (Å²) in [5.74, 6) is 0.391. The lowest BCUT2D eigenvalue weighted by molar-refractivity contribution is -0.140. The molecule has 0 saturated carbocycles. The van der Waals surface area contributed by atoms with Crippen molar-refractivity contribution in [2.45, 2.75) is 33.0 Å². The summed E-state index contributed by atoms with van der Waals surface area (Å²) in [6.45, 7) is 4.56. The van der Waals surface area contributed by atoms with Crippen molar-refractivity contribution in [2.75, 3.05) is 7.11 Å². The fourth-order valence-corrected chi connectivity index (χ4v) is 2.58. The van der Waals surface area contributed by atoms with Crippen molar-refractivity contribution in [1.29, 1.82) is 0 Å². The first-order valence-electron chi connectivity index (χ1n) is 8.31. The Morgan fingerprint density at radius 3 is 2.44 bits per heavy atom. The number of methoxy groups -OCH3 is 1. The van der Waals surface area contributed by atoms with Gasteiger partial charge in [0.1, 0.15) is 12.6 Å². The maximum atomic E-state index is 11.4. The molecule has 0 fully saturated rings. The molecule has 0 bridgehead atoms. The number of benzene rings is 2. The highest BCUT2D eigenvalue weighted by molar-refractivity contribution is 5.73. The van der Waals surface area contributed by atoms with Crippen molar-refractivity contribution in [2.24, 2.45) is 5.92 Å². The topological polar surface area (TPSA) is 67.8 Å². The van der Waals surface area contributed by atoms with Crippen LogP contribution in [0.5, 0.6) is 11.5 Å². The average molecular weight is 343 g/mol. The molecule has 0 aliphatic rings. The summed E-state index contributed by atoms with van der Waals surface area (Å²) in [6.07, 6.45) is 0. The smallest absolute Gasteiger partial charge is 0.320 e. The normalized spacial score (nSPS) is 12.0. The first-order valence-corrected chi connectivity index (χ1v) is 8.31. The van der Waals surface area contributed by atoms with Crippen LogP contribution in [0.3, 0.4) is 0 Å². The van der Waals surface area contributed by atoms with Crippen LogP contribution < -0.4 is 14.8 Å². The van der Waals surface area contributed by atoms with Crippen LogP contribution in [0.4, 0.5) is 0 Å². The number of carboxylic acid groups (broad SMARTS) is 1. The zero-order valence-electron chi connectivity index (χ0n) is 14.9. The summed E-state index contributed by atoms with van der Waals surface area (Å²) in [4.78, 5) is 11.4. The monoisotopic (exact) mass is 343 g/mol. The zero-order chi connectivity index (χ0) is 18.2. The number of carboxylic acids is 1. The lowest BCUT2D eigenvalue weighted by Gasteiger charge is -2.20. The van der Waals surface area contributed by atoms with E-state index in [1.165, 1.54) is 0 Å². The van der Waals surface area contributed by atoms with Gasteiger partial charge in [-0.3, -0.25) is 10.1 Å². The van der Waals surface area contributed by atoms with E-state index in [0.29, 0.717) is 24.7 Å². The van der Waals surface area contributed by atoms with Gasteiger partial charge >= 0.3 is 5.97 Å². The molecule has 2 N–H and O–H groups in total. The van der Waals surface area contributed by atoms with Crippen LogP contribution in [0.2, 0.25) is 0 Å². The maximum absolute atomic E-state index is 11.4. The van der Waals surface area contributed by atoms with Crippen molar-refractivity contribution in [1.82, 2.24) is 5.32 Å². The van der Waals surface area contributed by atoms with Gasteiger partial charge in [-0.05, 0) is 17.5 Å². The van der Waals surface area contributed by atoms with Crippen LogP contribution in [0.1, 0.15) is 25.0 Å². The second-order valence-electron chi connectivity index (χ2n) is 6.16. The summed E-state index contributed by atoms with van der Waals surface area (Å²) in [5.41, 5.74) is 1.92. The number of rotatable bonds is 9. The van der Waals surface area contributed by atoms with Crippen molar-refractivity contribution in [3.05, 3.63) is 59.7 Å². The molecule has 134 valence electrons. The van der Waals surface area contributed by atoms with Crippen molar-refractivity contribution < 1.29 is 19.4 Å². The maximum Gasteiger partial charge on any atom is 0.320 e. The predicted molar refractivity (Wildman–Crippen MR) is 96.9 cm³/mol. The first kappa shape index (κ1) is 18.8. The van der Waals surface area contributed by atoms with Gasteiger partial charge in [-0.25, -0.2) is 0 Å². The van der Waals surface area contributed by atoms with E-state index in [1.54, 1.807) is 7.11 Å².